The lowest BCUT2D eigenvalue weighted by atomic mass is 10.1. The van der Waals surface area contributed by atoms with Gasteiger partial charge < -0.3 is 19.9 Å². The summed E-state index contributed by atoms with van der Waals surface area (Å²) >= 11 is 0. The maximum atomic E-state index is 11.9. The molecule has 0 aliphatic rings. The number of carbonyl (C=O) groups is 2. The van der Waals surface area contributed by atoms with Crippen LogP contribution in [-0.2, 0) is 20.9 Å². The number of hydrogen-bond donors (Lipinski definition) is 2. The molecule has 27 heavy (non-hydrogen) atoms. The van der Waals surface area contributed by atoms with Crippen molar-refractivity contribution in [1.82, 2.24) is 4.98 Å². The second-order valence-electron chi connectivity index (χ2n) is 5.78. The van der Waals surface area contributed by atoms with Crippen molar-refractivity contribution in [2.75, 3.05) is 12.4 Å². The molecule has 0 amide bonds. The molecule has 7 nitrogen and oxygen atoms in total. The van der Waals surface area contributed by atoms with Gasteiger partial charge in [-0.1, -0.05) is 18.2 Å². The zero-order valence-corrected chi connectivity index (χ0v) is 14.9. The zero-order valence-electron chi connectivity index (χ0n) is 14.9. The van der Waals surface area contributed by atoms with Gasteiger partial charge in [-0.3, -0.25) is 4.79 Å². The molecule has 1 aromatic heterocycles. The van der Waals surface area contributed by atoms with E-state index in [9.17, 15) is 14.7 Å². The molecule has 3 rings (SSSR count). The molecular formula is C20H18N2O5. The third-order valence-electron chi connectivity index (χ3n) is 3.91. The normalized spacial score (nSPS) is 10.4. The average molecular weight is 366 g/mol. The van der Waals surface area contributed by atoms with Gasteiger partial charge in [0.2, 0.25) is 0 Å². The van der Waals surface area contributed by atoms with Crippen LogP contribution >= 0.6 is 0 Å². The first-order valence-electron chi connectivity index (χ1n) is 8.19. The topological polar surface area (TPSA) is 97.8 Å². The number of benzene rings is 2. The molecule has 3 aromatic rings. The van der Waals surface area contributed by atoms with Gasteiger partial charge in [0.1, 0.15) is 6.61 Å². The first-order valence-corrected chi connectivity index (χ1v) is 8.19. The van der Waals surface area contributed by atoms with Gasteiger partial charge in [-0.05, 0) is 30.3 Å². The van der Waals surface area contributed by atoms with Gasteiger partial charge in [-0.25, -0.2) is 9.78 Å². The van der Waals surface area contributed by atoms with Crippen molar-refractivity contribution in [2.45, 2.75) is 13.5 Å². The Labute approximate surface area is 155 Å². The van der Waals surface area contributed by atoms with Crippen molar-refractivity contribution in [3.8, 4) is 5.75 Å². The lowest BCUT2D eigenvalue weighted by molar-refractivity contribution is -0.142. The second-order valence-corrected chi connectivity index (χ2v) is 5.78. The molecule has 0 fully saturated rings. The van der Waals surface area contributed by atoms with Gasteiger partial charge in [-0.15, -0.1) is 0 Å². The molecule has 0 saturated heterocycles. The lowest BCUT2D eigenvalue weighted by Crippen LogP contribution is -2.09. The molecule has 7 heteroatoms. The number of ether oxygens (including phenoxy) is 2. The van der Waals surface area contributed by atoms with E-state index < -0.39 is 11.9 Å². The number of aromatic hydroxyl groups is 1. The van der Waals surface area contributed by atoms with Crippen LogP contribution in [0.5, 0.6) is 5.75 Å². The van der Waals surface area contributed by atoms with Gasteiger partial charge in [0.25, 0.3) is 0 Å². The van der Waals surface area contributed by atoms with Crippen LogP contribution < -0.4 is 5.32 Å². The van der Waals surface area contributed by atoms with Crippen LogP contribution in [-0.4, -0.2) is 29.1 Å². The number of pyridine rings is 1. The van der Waals surface area contributed by atoms with Crippen LogP contribution in [0, 0.1) is 0 Å². The van der Waals surface area contributed by atoms with Gasteiger partial charge in [0, 0.05) is 29.1 Å². The van der Waals surface area contributed by atoms with Gasteiger partial charge >= 0.3 is 11.9 Å². The fraction of sp³-hybridized carbons (Fsp3) is 0.150. The smallest absolute Gasteiger partial charge is 0.360 e. The third-order valence-corrected chi connectivity index (χ3v) is 3.91. The van der Waals surface area contributed by atoms with Crippen LogP contribution in [0.3, 0.4) is 0 Å². The van der Waals surface area contributed by atoms with E-state index in [-0.39, 0.29) is 18.1 Å². The number of fused-ring (bicyclic) bond motifs is 1. The summed E-state index contributed by atoms with van der Waals surface area (Å²) in [6.45, 7) is 1.15. The van der Waals surface area contributed by atoms with Gasteiger partial charge in [0.05, 0.1) is 12.8 Å². The summed E-state index contributed by atoms with van der Waals surface area (Å²) in [4.78, 5) is 27.3. The van der Waals surface area contributed by atoms with Crippen LogP contribution in [0.25, 0.3) is 10.8 Å². The lowest BCUT2D eigenvalue weighted by Gasteiger charge is -2.13. The van der Waals surface area contributed by atoms with Gasteiger partial charge in [0.15, 0.2) is 11.4 Å². The highest BCUT2D eigenvalue weighted by Gasteiger charge is 2.20. The summed E-state index contributed by atoms with van der Waals surface area (Å²) in [5.74, 6) is -1.53. The van der Waals surface area contributed by atoms with E-state index in [0.29, 0.717) is 16.5 Å². The van der Waals surface area contributed by atoms with E-state index in [4.69, 9.17) is 4.74 Å². The zero-order chi connectivity index (χ0) is 19.4. The third kappa shape index (κ3) is 3.98. The fourth-order valence-corrected chi connectivity index (χ4v) is 2.65. The summed E-state index contributed by atoms with van der Waals surface area (Å²) < 4.78 is 9.71. The van der Waals surface area contributed by atoms with E-state index in [0.717, 1.165) is 11.4 Å². The standard InChI is InChI=1S/C20H18N2O5/c1-12(23)27-11-17-16-10-14(21-13-6-4-3-5-7-13)8-9-15(16)19(24)18(22-17)20(25)26-2/h3-10,21,24H,11H2,1-2H3. The molecule has 0 aliphatic heterocycles. The molecule has 0 unspecified atom stereocenters. The average Bonchev–Trinajstić information content (AvgIpc) is 2.67. The number of rotatable bonds is 5. The van der Waals surface area contributed by atoms with Gasteiger partial charge in [-0.2, -0.15) is 0 Å². The van der Waals surface area contributed by atoms with Crippen LogP contribution in [0.4, 0.5) is 11.4 Å². The molecule has 2 aromatic carbocycles. The Morgan fingerprint density at radius 3 is 2.48 bits per heavy atom. The maximum absolute atomic E-state index is 11.9. The van der Waals surface area contributed by atoms with E-state index in [1.807, 2.05) is 30.3 Å². The number of esters is 2. The Kier molecular flexibility index (Phi) is 5.21. The number of carbonyl (C=O) groups excluding carboxylic acids is 2. The minimum atomic E-state index is -0.773. The number of nitrogens with one attached hydrogen (secondary N) is 1. The van der Waals surface area contributed by atoms with Crippen molar-refractivity contribution in [3.63, 3.8) is 0 Å². The molecular weight excluding hydrogens is 348 g/mol. The highest BCUT2D eigenvalue weighted by molar-refractivity contribution is 6.01. The first kappa shape index (κ1) is 18.2. The predicted octanol–water partition coefficient (Wildman–Crippen LogP) is 3.53. The van der Waals surface area contributed by atoms with Crippen LogP contribution in [0.15, 0.2) is 48.5 Å². The molecule has 0 spiro atoms. The fourth-order valence-electron chi connectivity index (χ4n) is 2.65. The quantitative estimate of drug-likeness (QED) is 0.667. The monoisotopic (exact) mass is 366 g/mol. The Morgan fingerprint density at radius 1 is 1.07 bits per heavy atom. The summed E-state index contributed by atoms with van der Waals surface area (Å²) in [6, 6.07) is 14.8. The SMILES string of the molecule is COC(=O)c1nc(COC(C)=O)c2cc(Nc3ccccc3)ccc2c1O. The van der Waals surface area contributed by atoms with E-state index >= 15 is 0 Å². The van der Waals surface area contributed by atoms with Crippen molar-refractivity contribution in [3.05, 3.63) is 59.9 Å². The molecule has 0 radical (unpaired) electrons. The van der Waals surface area contributed by atoms with Crippen LogP contribution in [0.2, 0.25) is 0 Å². The Bertz CT molecular complexity index is 1000. The van der Waals surface area contributed by atoms with E-state index in [1.165, 1.54) is 14.0 Å². The molecule has 1 heterocycles. The number of aromatic nitrogens is 1. The van der Waals surface area contributed by atoms with E-state index in [1.54, 1.807) is 18.2 Å². The summed E-state index contributed by atoms with van der Waals surface area (Å²) in [7, 11) is 1.20. The number of hydrogen-bond acceptors (Lipinski definition) is 7. The Balaban J connectivity index is 2.10. The maximum Gasteiger partial charge on any atom is 0.360 e. The molecule has 2 N–H and O–H groups in total. The molecule has 0 saturated carbocycles. The van der Waals surface area contributed by atoms with Crippen molar-refractivity contribution >= 4 is 34.1 Å². The molecule has 0 aliphatic carbocycles. The minimum Gasteiger partial charge on any atom is -0.505 e. The van der Waals surface area contributed by atoms with Crippen molar-refractivity contribution < 1.29 is 24.2 Å². The largest absolute Gasteiger partial charge is 0.505 e. The number of methoxy groups -OCH3 is 1. The highest BCUT2D eigenvalue weighted by Crippen LogP contribution is 2.33. The molecule has 0 atom stereocenters. The minimum absolute atomic E-state index is 0.134. The van der Waals surface area contributed by atoms with E-state index in [2.05, 4.69) is 15.0 Å². The second kappa shape index (κ2) is 7.74. The van der Waals surface area contributed by atoms with Crippen LogP contribution in [0.1, 0.15) is 23.1 Å². The summed E-state index contributed by atoms with van der Waals surface area (Å²) in [6.07, 6.45) is 0. The molecule has 138 valence electrons. The summed E-state index contributed by atoms with van der Waals surface area (Å²) in [5, 5.41) is 14.7. The summed E-state index contributed by atoms with van der Waals surface area (Å²) in [5.41, 5.74) is 1.76. The highest BCUT2D eigenvalue weighted by atomic mass is 16.5. The Morgan fingerprint density at radius 2 is 1.81 bits per heavy atom. The van der Waals surface area contributed by atoms with Crippen molar-refractivity contribution in [1.29, 1.82) is 0 Å². The Hall–Kier alpha value is -3.61. The number of anilines is 2. The number of nitrogens with zero attached hydrogens (tertiary/aromatic N) is 1. The molecule has 0 bridgehead atoms. The van der Waals surface area contributed by atoms with Crippen molar-refractivity contribution in [2.24, 2.45) is 0 Å². The first-order chi connectivity index (χ1) is 13.0. The predicted molar refractivity (Wildman–Crippen MR) is 99.9 cm³/mol. The number of para-hydroxylation sites is 1.